The van der Waals surface area contributed by atoms with Gasteiger partial charge in [-0.15, -0.1) is 0 Å². The molecular weight excluding hydrogens is 441 g/mol. The fourth-order valence-corrected chi connectivity index (χ4v) is 4.09. The molecule has 1 aromatic carbocycles. The number of hydrogen-bond acceptors (Lipinski definition) is 5. The standard InChI is InChI=1S/C15H11ClFN3.C10H16N2O/c1-8-5-12-14(11-4-3-10(16)6-13(11)17)18-7-19-15(12)20-9(8)2;1-8-4-3-5-10(13-8)9-6-11-12(2)7-9/h3-7H,1-2H3;6-8,10H,3-5H2,1-2H3. The number of rotatable bonds is 2. The number of aryl methyl sites for hydroxylation is 3. The van der Waals surface area contributed by atoms with Crippen LogP contribution < -0.4 is 0 Å². The average Bonchev–Trinajstić information content (AvgIpc) is 3.21. The summed E-state index contributed by atoms with van der Waals surface area (Å²) < 4.78 is 21.7. The van der Waals surface area contributed by atoms with Gasteiger partial charge in [-0.2, -0.15) is 5.10 Å². The number of benzene rings is 1. The van der Waals surface area contributed by atoms with Crippen LogP contribution in [0.4, 0.5) is 4.39 Å². The number of halogens is 2. The van der Waals surface area contributed by atoms with E-state index in [0.29, 0.717) is 28.0 Å². The van der Waals surface area contributed by atoms with Crippen LogP contribution in [0.15, 0.2) is 43.0 Å². The summed E-state index contributed by atoms with van der Waals surface area (Å²) in [5, 5.41) is 5.24. The number of nitrogens with zero attached hydrogens (tertiary/aromatic N) is 5. The molecule has 1 saturated heterocycles. The van der Waals surface area contributed by atoms with Gasteiger partial charge in [0.2, 0.25) is 0 Å². The molecule has 1 fully saturated rings. The number of ether oxygens (including phenoxy) is 1. The lowest BCUT2D eigenvalue weighted by molar-refractivity contribution is -0.0414. The van der Waals surface area contributed by atoms with Crippen LogP contribution in [-0.2, 0) is 11.8 Å². The molecule has 1 aliphatic rings. The molecule has 0 amide bonds. The maximum atomic E-state index is 14.1. The molecule has 172 valence electrons. The van der Waals surface area contributed by atoms with E-state index in [1.807, 2.05) is 44.0 Å². The van der Waals surface area contributed by atoms with Gasteiger partial charge in [-0.25, -0.2) is 19.3 Å². The van der Waals surface area contributed by atoms with Gasteiger partial charge >= 0.3 is 0 Å². The van der Waals surface area contributed by atoms with E-state index in [0.717, 1.165) is 23.1 Å². The third kappa shape index (κ3) is 5.37. The molecule has 3 aromatic heterocycles. The van der Waals surface area contributed by atoms with Crippen molar-refractivity contribution in [3.8, 4) is 11.3 Å². The van der Waals surface area contributed by atoms with E-state index in [4.69, 9.17) is 16.3 Å². The van der Waals surface area contributed by atoms with Crippen LogP contribution in [0, 0.1) is 19.7 Å². The summed E-state index contributed by atoms with van der Waals surface area (Å²) in [6, 6.07) is 6.47. The van der Waals surface area contributed by atoms with Crippen LogP contribution in [-0.4, -0.2) is 30.8 Å². The summed E-state index contributed by atoms with van der Waals surface area (Å²) in [6.45, 7) is 6.01. The van der Waals surface area contributed by atoms with Crippen molar-refractivity contribution < 1.29 is 9.13 Å². The summed E-state index contributed by atoms with van der Waals surface area (Å²) in [7, 11) is 1.94. The van der Waals surface area contributed by atoms with Gasteiger partial charge in [0.25, 0.3) is 0 Å². The molecule has 2 unspecified atom stereocenters. The first-order valence-corrected chi connectivity index (χ1v) is 11.4. The van der Waals surface area contributed by atoms with Gasteiger partial charge in [-0.05, 0) is 69.9 Å². The summed E-state index contributed by atoms with van der Waals surface area (Å²) in [4.78, 5) is 12.8. The fourth-order valence-electron chi connectivity index (χ4n) is 3.93. The Bertz CT molecular complexity index is 1280. The second-order valence-electron chi connectivity index (χ2n) is 8.42. The van der Waals surface area contributed by atoms with E-state index in [9.17, 15) is 4.39 Å². The van der Waals surface area contributed by atoms with Crippen LogP contribution in [0.1, 0.15) is 49.1 Å². The quantitative estimate of drug-likeness (QED) is 0.353. The highest BCUT2D eigenvalue weighted by atomic mass is 35.5. The predicted octanol–water partition coefficient (Wildman–Crippen LogP) is 6.15. The molecule has 0 spiro atoms. The van der Waals surface area contributed by atoms with Crippen molar-refractivity contribution in [3.63, 3.8) is 0 Å². The Morgan fingerprint density at radius 3 is 2.67 bits per heavy atom. The molecule has 5 rings (SSSR count). The van der Waals surface area contributed by atoms with Gasteiger partial charge in [0, 0.05) is 40.5 Å². The lowest BCUT2D eigenvalue weighted by atomic mass is 10.0. The molecule has 1 aliphatic heterocycles. The lowest BCUT2D eigenvalue weighted by Gasteiger charge is -2.26. The average molecular weight is 468 g/mol. The number of hydrogen-bond donors (Lipinski definition) is 0. The van der Waals surface area contributed by atoms with E-state index in [-0.39, 0.29) is 6.10 Å². The Balaban J connectivity index is 0.000000172. The van der Waals surface area contributed by atoms with Crippen molar-refractivity contribution in [2.75, 3.05) is 0 Å². The van der Waals surface area contributed by atoms with E-state index >= 15 is 0 Å². The Kier molecular flexibility index (Phi) is 7.00. The Morgan fingerprint density at radius 2 is 1.97 bits per heavy atom. The zero-order valence-electron chi connectivity index (χ0n) is 19.2. The minimum absolute atomic E-state index is 0.275. The molecule has 0 saturated carbocycles. The summed E-state index contributed by atoms with van der Waals surface area (Å²) in [5.41, 5.74) is 4.62. The molecule has 0 N–H and O–H groups in total. The maximum Gasteiger partial charge on any atom is 0.163 e. The molecular formula is C25H27ClFN5O. The van der Waals surface area contributed by atoms with Crippen LogP contribution in [0.25, 0.3) is 22.3 Å². The normalized spacial score (nSPS) is 18.1. The summed E-state index contributed by atoms with van der Waals surface area (Å²) in [5.74, 6) is -0.407. The van der Waals surface area contributed by atoms with Gasteiger partial charge in [0.1, 0.15) is 12.1 Å². The lowest BCUT2D eigenvalue weighted by Crippen LogP contribution is -2.18. The smallest absolute Gasteiger partial charge is 0.163 e. The third-order valence-electron chi connectivity index (χ3n) is 5.82. The van der Waals surface area contributed by atoms with Crippen molar-refractivity contribution in [2.45, 2.75) is 52.2 Å². The molecule has 0 bridgehead atoms. The zero-order valence-corrected chi connectivity index (χ0v) is 20.0. The Labute approximate surface area is 197 Å². The zero-order chi connectivity index (χ0) is 23.5. The van der Waals surface area contributed by atoms with Crippen molar-refractivity contribution >= 4 is 22.6 Å². The first-order chi connectivity index (χ1) is 15.8. The monoisotopic (exact) mass is 467 g/mol. The third-order valence-corrected chi connectivity index (χ3v) is 6.06. The molecule has 0 radical (unpaired) electrons. The summed E-state index contributed by atoms with van der Waals surface area (Å²) in [6.07, 6.45) is 9.61. The van der Waals surface area contributed by atoms with E-state index < -0.39 is 5.82 Å². The predicted molar refractivity (Wildman–Crippen MR) is 128 cm³/mol. The number of pyridine rings is 1. The largest absolute Gasteiger partial charge is 0.370 e. The van der Waals surface area contributed by atoms with Gasteiger partial charge in [0.05, 0.1) is 24.1 Å². The first kappa shape index (κ1) is 23.3. The van der Waals surface area contributed by atoms with E-state index in [1.54, 1.807) is 12.1 Å². The maximum absolute atomic E-state index is 14.1. The van der Waals surface area contributed by atoms with Crippen molar-refractivity contribution in [1.29, 1.82) is 0 Å². The molecule has 2 atom stereocenters. The minimum atomic E-state index is -0.407. The molecule has 33 heavy (non-hydrogen) atoms. The van der Waals surface area contributed by atoms with Crippen molar-refractivity contribution in [1.82, 2.24) is 24.7 Å². The molecule has 4 heterocycles. The topological polar surface area (TPSA) is 65.7 Å². The Morgan fingerprint density at radius 1 is 1.15 bits per heavy atom. The molecule has 6 nitrogen and oxygen atoms in total. The van der Waals surface area contributed by atoms with Crippen LogP contribution in [0.2, 0.25) is 5.02 Å². The number of aromatic nitrogens is 5. The highest BCUT2D eigenvalue weighted by molar-refractivity contribution is 6.30. The second-order valence-corrected chi connectivity index (χ2v) is 8.86. The van der Waals surface area contributed by atoms with Gasteiger partial charge in [-0.1, -0.05) is 11.6 Å². The molecule has 4 aromatic rings. The highest BCUT2D eigenvalue weighted by Gasteiger charge is 2.21. The number of fused-ring (bicyclic) bond motifs is 1. The first-order valence-electron chi connectivity index (χ1n) is 11.0. The molecule has 0 aliphatic carbocycles. The van der Waals surface area contributed by atoms with Crippen LogP contribution in [0.5, 0.6) is 0 Å². The van der Waals surface area contributed by atoms with E-state index in [1.165, 1.54) is 30.8 Å². The van der Waals surface area contributed by atoms with Gasteiger partial charge in [0.15, 0.2) is 5.65 Å². The van der Waals surface area contributed by atoms with Gasteiger partial charge < -0.3 is 4.74 Å². The highest BCUT2D eigenvalue weighted by Crippen LogP contribution is 2.31. The van der Waals surface area contributed by atoms with Crippen LogP contribution in [0.3, 0.4) is 0 Å². The SMILES string of the molecule is CC1CCCC(c2cnn(C)c2)O1.Cc1cc2c(-c3ccc(Cl)cc3F)ncnc2nc1C. The molecule has 8 heteroatoms. The van der Waals surface area contributed by atoms with Crippen molar-refractivity contribution in [2.24, 2.45) is 7.05 Å². The van der Waals surface area contributed by atoms with Crippen LogP contribution >= 0.6 is 11.6 Å². The second kappa shape index (κ2) is 9.93. The van der Waals surface area contributed by atoms with Crippen molar-refractivity contribution in [3.05, 3.63) is 70.6 Å². The van der Waals surface area contributed by atoms with Gasteiger partial charge in [-0.3, -0.25) is 4.68 Å². The Hall–Kier alpha value is -2.90. The minimum Gasteiger partial charge on any atom is -0.370 e. The summed E-state index contributed by atoms with van der Waals surface area (Å²) >= 11 is 5.78. The van der Waals surface area contributed by atoms with E-state index in [2.05, 4.69) is 27.0 Å². The fraction of sp³-hybridized carbons (Fsp3) is 0.360.